The van der Waals surface area contributed by atoms with Crippen LogP contribution < -0.4 is 10.3 Å². The number of aryl methyl sites for hydroxylation is 2. The summed E-state index contributed by atoms with van der Waals surface area (Å²) in [4.78, 5) is 28.4. The average Bonchev–Trinajstić information content (AvgIpc) is 2.53. The first-order valence-electron chi connectivity index (χ1n) is 7.93. The lowest BCUT2D eigenvalue weighted by atomic mass is 10.1. The maximum Gasteiger partial charge on any atom is 0.258 e. The van der Waals surface area contributed by atoms with Crippen LogP contribution in [0.25, 0.3) is 5.69 Å². The van der Waals surface area contributed by atoms with Crippen molar-refractivity contribution in [1.29, 1.82) is 0 Å². The van der Waals surface area contributed by atoms with Crippen LogP contribution in [0, 0.1) is 6.92 Å². The van der Waals surface area contributed by atoms with Gasteiger partial charge in [0.15, 0.2) is 12.0 Å². The molecule has 23 heavy (non-hydrogen) atoms. The maximum atomic E-state index is 12.6. The Hall–Kier alpha value is -2.43. The highest BCUT2D eigenvalue weighted by Crippen LogP contribution is 2.26. The molecule has 0 N–H and O–H groups in total. The molecule has 0 aliphatic rings. The van der Waals surface area contributed by atoms with Gasteiger partial charge in [-0.1, -0.05) is 19.4 Å². The standard InChI is InChI=1S/C18H22N2O3/c1-4-6-10-16-19-13(3)11-17(22)20(16)15-9-7-8-14(12-21)18(15)23-5-2/h7-9,11-12H,4-6,10H2,1-3H3. The van der Waals surface area contributed by atoms with E-state index in [2.05, 4.69) is 11.9 Å². The largest absolute Gasteiger partial charge is 0.491 e. The van der Waals surface area contributed by atoms with E-state index in [1.807, 2.05) is 13.8 Å². The van der Waals surface area contributed by atoms with Crippen molar-refractivity contribution >= 4 is 6.29 Å². The van der Waals surface area contributed by atoms with Crippen molar-refractivity contribution in [2.75, 3.05) is 6.61 Å². The van der Waals surface area contributed by atoms with Gasteiger partial charge in [0.1, 0.15) is 5.82 Å². The zero-order valence-corrected chi connectivity index (χ0v) is 13.8. The molecular formula is C18H22N2O3. The van der Waals surface area contributed by atoms with Crippen LogP contribution in [0.2, 0.25) is 0 Å². The third kappa shape index (κ3) is 3.67. The van der Waals surface area contributed by atoms with Gasteiger partial charge in [0, 0.05) is 18.2 Å². The smallest absolute Gasteiger partial charge is 0.258 e. The van der Waals surface area contributed by atoms with E-state index < -0.39 is 0 Å². The molecule has 2 aromatic rings. The molecule has 0 unspecified atom stereocenters. The Balaban J connectivity index is 2.70. The maximum absolute atomic E-state index is 12.6. The summed E-state index contributed by atoms with van der Waals surface area (Å²) in [5.41, 5.74) is 1.53. The second-order valence-corrected chi connectivity index (χ2v) is 5.34. The second kappa shape index (κ2) is 7.72. The Bertz CT molecular complexity index is 750. The van der Waals surface area contributed by atoms with Crippen LogP contribution >= 0.6 is 0 Å². The highest BCUT2D eigenvalue weighted by molar-refractivity contribution is 5.82. The Labute approximate surface area is 135 Å². The second-order valence-electron chi connectivity index (χ2n) is 5.34. The van der Waals surface area contributed by atoms with E-state index in [0.29, 0.717) is 41.5 Å². The third-order valence-corrected chi connectivity index (χ3v) is 3.55. The average molecular weight is 314 g/mol. The molecule has 0 fully saturated rings. The molecule has 0 amide bonds. The van der Waals surface area contributed by atoms with Crippen molar-refractivity contribution in [3.63, 3.8) is 0 Å². The molecule has 1 heterocycles. The molecule has 122 valence electrons. The fraction of sp³-hybridized carbons (Fsp3) is 0.389. The lowest BCUT2D eigenvalue weighted by Crippen LogP contribution is -2.24. The summed E-state index contributed by atoms with van der Waals surface area (Å²) in [5, 5.41) is 0. The monoisotopic (exact) mass is 314 g/mol. The van der Waals surface area contributed by atoms with Gasteiger partial charge in [0.25, 0.3) is 5.56 Å². The van der Waals surface area contributed by atoms with Crippen molar-refractivity contribution in [2.24, 2.45) is 0 Å². The number of ether oxygens (including phenoxy) is 1. The molecule has 0 spiro atoms. The number of aldehydes is 1. The number of hydrogen-bond donors (Lipinski definition) is 0. The first kappa shape index (κ1) is 16.9. The van der Waals surface area contributed by atoms with Crippen LogP contribution in [0.1, 0.15) is 48.6 Å². The molecule has 0 atom stereocenters. The van der Waals surface area contributed by atoms with Crippen molar-refractivity contribution < 1.29 is 9.53 Å². The van der Waals surface area contributed by atoms with E-state index in [1.54, 1.807) is 22.8 Å². The van der Waals surface area contributed by atoms with Gasteiger partial charge < -0.3 is 4.74 Å². The number of carbonyl (C=O) groups excluding carboxylic acids is 1. The van der Waals surface area contributed by atoms with Gasteiger partial charge >= 0.3 is 0 Å². The minimum Gasteiger partial charge on any atom is -0.491 e. The highest BCUT2D eigenvalue weighted by Gasteiger charge is 2.16. The van der Waals surface area contributed by atoms with Crippen LogP contribution in [0.4, 0.5) is 0 Å². The highest BCUT2D eigenvalue weighted by atomic mass is 16.5. The Kier molecular flexibility index (Phi) is 5.68. The number of benzene rings is 1. The van der Waals surface area contributed by atoms with Gasteiger partial charge in [-0.2, -0.15) is 0 Å². The minimum absolute atomic E-state index is 0.160. The number of rotatable bonds is 7. The molecule has 2 rings (SSSR count). The number of carbonyl (C=O) groups is 1. The summed E-state index contributed by atoms with van der Waals surface area (Å²) < 4.78 is 7.20. The van der Waals surface area contributed by atoms with Gasteiger partial charge in [0.2, 0.25) is 0 Å². The van der Waals surface area contributed by atoms with E-state index in [-0.39, 0.29) is 5.56 Å². The molecule has 0 bridgehead atoms. The lowest BCUT2D eigenvalue weighted by Gasteiger charge is -2.17. The van der Waals surface area contributed by atoms with Crippen LogP contribution in [-0.2, 0) is 6.42 Å². The fourth-order valence-electron chi connectivity index (χ4n) is 2.53. The van der Waals surface area contributed by atoms with Gasteiger partial charge in [0.05, 0.1) is 17.9 Å². The predicted octanol–water partition coefficient (Wildman–Crippen LogP) is 3.09. The summed E-state index contributed by atoms with van der Waals surface area (Å²) in [5.74, 6) is 1.12. The Morgan fingerprint density at radius 2 is 2.09 bits per heavy atom. The zero-order valence-electron chi connectivity index (χ0n) is 13.8. The van der Waals surface area contributed by atoms with Gasteiger partial charge in [-0.25, -0.2) is 4.98 Å². The summed E-state index contributed by atoms with van der Waals surface area (Å²) >= 11 is 0. The Morgan fingerprint density at radius 3 is 2.74 bits per heavy atom. The quantitative estimate of drug-likeness (QED) is 0.737. The number of hydrogen-bond acceptors (Lipinski definition) is 4. The first-order valence-corrected chi connectivity index (χ1v) is 7.93. The summed E-state index contributed by atoms with van der Waals surface area (Å²) in [6, 6.07) is 6.71. The number of aromatic nitrogens is 2. The van der Waals surface area contributed by atoms with Crippen molar-refractivity contribution in [1.82, 2.24) is 9.55 Å². The van der Waals surface area contributed by atoms with Crippen molar-refractivity contribution in [3.8, 4) is 11.4 Å². The third-order valence-electron chi connectivity index (χ3n) is 3.55. The number of nitrogens with zero attached hydrogens (tertiary/aromatic N) is 2. The van der Waals surface area contributed by atoms with E-state index in [4.69, 9.17) is 4.74 Å². The molecule has 5 heteroatoms. The topological polar surface area (TPSA) is 61.2 Å². The molecule has 0 aliphatic heterocycles. The lowest BCUT2D eigenvalue weighted by molar-refractivity contribution is 0.111. The molecule has 0 saturated heterocycles. The minimum atomic E-state index is -0.160. The molecule has 1 aromatic carbocycles. The molecular weight excluding hydrogens is 292 g/mol. The number of para-hydroxylation sites is 1. The number of unbranched alkanes of at least 4 members (excludes halogenated alkanes) is 1. The van der Waals surface area contributed by atoms with Crippen molar-refractivity contribution in [3.05, 3.63) is 51.7 Å². The van der Waals surface area contributed by atoms with Gasteiger partial charge in [-0.15, -0.1) is 0 Å². The first-order chi connectivity index (χ1) is 11.1. The van der Waals surface area contributed by atoms with E-state index >= 15 is 0 Å². The molecule has 5 nitrogen and oxygen atoms in total. The summed E-state index contributed by atoms with van der Waals surface area (Å²) in [7, 11) is 0. The van der Waals surface area contributed by atoms with Crippen LogP contribution in [0.5, 0.6) is 5.75 Å². The van der Waals surface area contributed by atoms with Gasteiger partial charge in [-0.05, 0) is 32.4 Å². The zero-order chi connectivity index (χ0) is 16.8. The van der Waals surface area contributed by atoms with E-state index in [0.717, 1.165) is 19.1 Å². The van der Waals surface area contributed by atoms with Gasteiger partial charge in [-0.3, -0.25) is 14.2 Å². The molecule has 1 aromatic heterocycles. The fourth-order valence-corrected chi connectivity index (χ4v) is 2.53. The summed E-state index contributed by atoms with van der Waals surface area (Å²) in [6.07, 6.45) is 3.39. The van der Waals surface area contributed by atoms with Crippen LogP contribution in [-0.4, -0.2) is 22.4 Å². The predicted molar refractivity (Wildman–Crippen MR) is 89.7 cm³/mol. The Morgan fingerprint density at radius 1 is 1.30 bits per heavy atom. The summed E-state index contributed by atoms with van der Waals surface area (Å²) in [6.45, 7) is 6.17. The molecule has 0 saturated carbocycles. The SMILES string of the molecule is CCCCc1nc(C)cc(=O)n1-c1cccc(C=O)c1OCC. The van der Waals surface area contributed by atoms with Crippen LogP contribution in [0.3, 0.4) is 0 Å². The molecule has 0 radical (unpaired) electrons. The molecule has 0 aliphatic carbocycles. The van der Waals surface area contributed by atoms with Crippen LogP contribution in [0.15, 0.2) is 29.1 Å². The van der Waals surface area contributed by atoms with Crippen molar-refractivity contribution in [2.45, 2.75) is 40.0 Å². The normalized spacial score (nSPS) is 10.6. The van der Waals surface area contributed by atoms with E-state index in [1.165, 1.54) is 6.07 Å². The van der Waals surface area contributed by atoms with E-state index in [9.17, 15) is 9.59 Å².